The van der Waals surface area contributed by atoms with E-state index in [2.05, 4.69) is 9.71 Å². The fourth-order valence-electron chi connectivity index (χ4n) is 2.43. The highest BCUT2D eigenvalue weighted by molar-refractivity contribution is 7.99. The van der Waals surface area contributed by atoms with Gasteiger partial charge in [0.15, 0.2) is 16.7 Å². The standard InChI is InChI=1S/C18H18FN3O4S2/c1-22-9-8-20-18(22)27-16-7-5-4-6-13(16)21-28(23,24)17-11-15(26-3)14(25-2)10-12(17)19/h4-11,21H,1-3H3. The number of aromatic nitrogens is 2. The quantitative estimate of drug-likeness (QED) is 0.626. The van der Waals surface area contributed by atoms with Crippen LogP contribution in [0.4, 0.5) is 10.1 Å². The first kappa shape index (κ1) is 20.0. The molecule has 0 atom stereocenters. The van der Waals surface area contributed by atoms with Gasteiger partial charge in [0, 0.05) is 36.5 Å². The smallest absolute Gasteiger partial charge is 0.264 e. The zero-order valence-corrected chi connectivity index (χ0v) is 17.0. The van der Waals surface area contributed by atoms with E-state index < -0.39 is 20.7 Å². The summed E-state index contributed by atoms with van der Waals surface area (Å²) in [4.78, 5) is 4.31. The molecule has 0 amide bonds. The van der Waals surface area contributed by atoms with Crippen molar-refractivity contribution in [2.45, 2.75) is 14.9 Å². The van der Waals surface area contributed by atoms with Crippen molar-refractivity contribution in [1.82, 2.24) is 9.55 Å². The number of halogens is 1. The lowest BCUT2D eigenvalue weighted by molar-refractivity contribution is 0.350. The molecule has 10 heteroatoms. The third kappa shape index (κ3) is 4.07. The molecule has 0 aliphatic heterocycles. The number of para-hydroxylation sites is 1. The molecule has 3 aromatic rings. The first-order valence-electron chi connectivity index (χ1n) is 8.04. The highest BCUT2D eigenvalue weighted by Crippen LogP contribution is 2.35. The molecule has 2 aromatic carbocycles. The van der Waals surface area contributed by atoms with E-state index in [1.54, 1.807) is 36.7 Å². The normalized spacial score (nSPS) is 11.3. The van der Waals surface area contributed by atoms with Crippen molar-refractivity contribution in [1.29, 1.82) is 0 Å². The number of methoxy groups -OCH3 is 2. The van der Waals surface area contributed by atoms with Crippen molar-refractivity contribution >= 4 is 27.5 Å². The lowest BCUT2D eigenvalue weighted by Crippen LogP contribution is -2.15. The van der Waals surface area contributed by atoms with E-state index >= 15 is 0 Å². The Morgan fingerprint density at radius 1 is 1.14 bits per heavy atom. The van der Waals surface area contributed by atoms with Crippen LogP contribution in [-0.2, 0) is 17.1 Å². The second kappa shape index (κ2) is 8.11. The number of aryl methyl sites for hydroxylation is 1. The minimum atomic E-state index is -4.21. The molecule has 1 heterocycles. The Bertz CT molecular complexity index is 1100. The van der Waals surface area contributed by atoms with E-state index in [1.807, 2.05) is 11.6 Å². The van der Waals surface area contributed by atoms with Crippen molar-refractivity contribution in [3.63, 3.8) is 0 Å². The molecule has 0 spiro atoms. The Hall–Kier alpha value is -2.72. The summed E-state index contributed by atoms with van der Waals surface area (Å²) in [5.41, 5.74) is 0.310. The molecular weight excluding hydrogens is 405 g/mol. The van der Waals surface area contributed by atoms with Gasteiger partial charge in [-0.05, 0) is 23.9 Å². The number of nitrogens with zero attached hydrogens (tertiary/aromatic N) is 2. The van der Waals surface area contributed by atoms with Crippen LogP contribution in [0, 0.1) is 5.82 Å². The van der Waals surface area contributed by atoms with E-state index in [9.17, 15) is 12.8 Å². The van der Waals surface area contributed by atoms with Gasteiger partial charge in [0.25, 0.3) is 10.0 Å². The van der Waals surface area contributed by atoms with Crippen LogP contribution < -0.4 is 14.2 Å². The average Bonchev–Trinajstić information content (AvgIpc) is 3.07. The van der Waals surface area contributed by atoms with Crippen LogP contribution in [0.1, 0.15) is 0 Å². The Labute approximate surface area is 166 Å². The monoisotopic (exact) mass is 423 g/mol. The predicted molar refractivity (Wildman–Crippen MR) is 104 cm³/mol. The fraction of sp³-hybridized carbons (Fsp3) is 0.167. The Morgan fingerprint density at radius 2 is 1.82 bits per heavy atom. The van der Waals surface area contributed by atoms with Crippen LogP contribution in [-0.4, -0.2) is 32.2 Å². The number of anilines is 1. The topological polar surface area (TPSA) is 82.5 Å². The number of nitrogens with one attached hydrogen (secondary N) is 1. The molecular formula is C18H18FN3O4S2. The SMILES string of the molecule is COc1cc(F)c(S(=O)(=O)Nc2ccccc2Sc2nccn2C)cc1OC. The van der Waals surface area contributed by atoms with E-state index in [1.165, 1.54) is 26.0 Å². The summed E-state index contributed by atoms with van der Waals surface area (Å²) in [5, 5.41) is 0.684. The van der Waals surface area contributed by atoms with Gasteiger partial charge in [-0.1, -0.05) is 12.1 Å². The van der Waals surface area contributed by atoms with Gasteiger partial charge < -0.3 is 14.0 Å². The molecule has 1 N–H and O–H groups in total. The van der Waals surface area contributed by atoms with Crippen molar-refractivity contribution in [2.24, 2.45) is 7.05 Å². The number of rotatable bonds is 7. The van der Waals surface area contributed by atoms with E-state index in [-0.39, 0.29) is 11.5 Å². The Balaban J connectivity index is 1.97. The second-order valence-corrected chi connectivity index (χ2v) is 8.32. The summed E-state index contributed by atoms with van der Waals surface area (Å²) in [6.45, 7) is 0. The van der Waals surface area contributed by atoms with Crippen LogP contribution in [0.5, 0.6) is 11.5 Å². The molecule has 148 valence electrons. The van der Waals surface area contributed by atoms with E-state index in [0.29, 0.717) is 15.7 Å². The van der Waals surface area contributed by atoms with E-state index in [4.69, 9.17) is 9.47 Å². The van der Waals surface area contributed by atoms with Crippen LogP contribution in [0.3, 0.4) is 0 Å². The van der Waals surface area contributed by atoms with Crippen molar-refractivity contribution in [3.8, 4) is 11.5 Å². The summed E-state index contributed by atoms with van der Waals surface area (Å²) in [7, 11) is 0.308. The van der Waals surface area contributed by atoms with Crippen LogP contribution in [0.25, 0.3) is 0 Å². The molecule has 28 heavy (non-hydrogen) atoms. The zero-order valence-electron chi connectivity index (χ0n) is 15.3. The predicted octanol–water partition coefficient (Wildman–Crippen LogP) is 3.53. The molecule has 0 saturated carbocycles. The summed E-state index contributed by atoms with van der Waals surface area (Å²) in [6.07, 6.45) is 3.43. The highest BCUT2D eigenvalue weighted by atomic mass is 32.2. The van der Waals surface area contributed by atoms with E-state index in [0.717, 1.165) is 12.1 Å². The van der Waals surface area contributed by atoms with Gasteiger partial charge in [0.1, 0.15) is 10.7 Å². The first-order chi connectivity index (χ1) is 13.4. The zero-order chi connectivity index (χ0) is 20.3. The third-order valence-corrected chi connectivity index (χ3v) is 6.37. The van der Waals surface area contributed by atoms with Gasteiger partial charge in [-0.15, -0.1) is 0 Å². The summed E-state index contributed by atoms with van der Waals surface area (Å²) >= 11 is 1.29. The number of imidazole rings is 1. The minimum Gasteiger partial charge on any atom is -0.493 e. The summed E-state index contributed by atoms with van der Waals surface area (Å²) in [5.74, 6) is -0.732. The van der Waals surface area contributed by atoms with Gasteiger partial charge in [0.2, 0.25) is 0 Å². The molecule has 3 rings (SSSR count). The molecule has 0 fully saturated rings. The third-order valence-electron chi connectivity index (χ3n) is 3.84. The van der Waals surface area contributed by atoms with Gasteiger partial charge in [-0.2, -0.15) is 0 Å². The van der Waals surface area contributed by atoms with Gasteiger partial charge in [-0.3, -0.25) is 4.72 Å². The maximum atomic E-state index is 14.4. The average molecular weight is 423 g/mol. The number of ether oxygens (including phenoxy) is 2. The Morgan fingerprint density at radius 3 is 2.46 bits per heavy atom. The molecule has 7 nitrogen and oxygen atoms in total. The number of hydrogen-bond acceptors (Lipinski definition) is 6. The molecule has 0 aliphatic rings. The van der Waals surface area contributed by atoms with Crippen molar-refractivity contribution < 1.29 is 22.3 Å². The Kier molecular flexibility index (Phi) is 5.80. The maximum Gasteiger partial charge on any atom is 0.264 e. The molecule has 0 unspecified atom stereocenters. The largest absolute Gasteiger partial charge is 0.493 e. The number of sulfonamides is 1. The molecule has 0 bridgehead atoms. The highest BCUT2D eigenvalue weighted by Gasteiger charge is 2.24. The maximum absolute atomic E-state index is 14.4. The lowest BCUT2D eigenvalue weighted by Gasteiger charge is -2.14. The lowest BCUT2D eigenvalue weighted by atomic mass is 10.3. The summed E-state index contributed by atoms with van der Waals surface area (Å²) < 4.78 is 54.4. The van der Waals surface area contributed by atoms with Crippen LogP contribution >= 0.6 is 11.8 Å². The second-order valence-electron chi connectivity index (χ2n) is 5.66. The van der Waals surface area contributed by atoms with Gasteiger partial charge in [0.05, 0.1) is 19.9 Å². The minimum absolute atomic E-state index is 0.102. The molecule has 0 radical (unpaired) electrons. The molecule has 1 aromatic heterocycles. The summed E-state index contributed by atoms with van der Waals surface area (Å²) in [6, 6.07) is 8.88. The van der Waals surface area contributed by atoms with Crippen LogP contribution in [0.15, 0.2) is 63.7 Å². The number of benzene rings is 2. The first-order valence-corrected chi connectivity index (χ1v) is 10.3. The van der Waals surface area contributed by atoms with Crippen molar-refractivity contribution in [3.05, 3.63) is 54.6 Å². The molecule has 0 saturated heterocycles. The van der Waals surface area contributed by atoms with Crippen LogP contribution in [0.2, 0.25) is 0 Å². The molecule has 0 aliphatic carbocycles. The number of hydrogen-bond donors (Lipinski definition) is 1. The van der Waals surface area contributed by atoms with Gasteiger partial charge >= 0.3 is 0 Å². The van der Waals surface area contributed by atoms with Crippen molar-refractivity contribution in [2.75, 3.05) is 18.9 Å². The fourth-order valence-corrected chi connectivity index (χ4v) is 4.54. The van der Waals surface area contributed by atoms with Gasteiger partial charge in [-0.25, -0.2) is 17.8 Å².